The van der Waals surface area contributed by atoms with E-state index in [-0.39, 0.29) is 0 Å². The molecule has 2 aromatic carbocycles. The number of hydrogen-bond donors (Lipinski definition) is 0. The molecule has 4 rings (SSSR count). The Morgan fingerprint density at radius 3 is 2.52 bits per heavy atom. The molecule has 0 aliphatic carbocycles. The van der Waals surface area contributed by atoms with E-state index in [0.717, 1.165) is 27.8 Å². The summed E-state index contributed by atoms with van der Waals surface area (Å²) in [6, 6.07) is 19.9. The van der Waals surface area contributed by atoms with Crippen molar-refractivity contribution in [3.8, 4) is 16.9 Å². The molecule has 0 aliphatic heterocycles. The second-order valence-corrected chi connectivity index (χ2v) is 4.73. The summed E-state index contributed by atoms with van der Waals surface area (Å²) in [4.78, 5) is 6.02. The second-order valence-electron chi connectivity index (χ2n) is 4.73. The van der Waals surface area contributed by atoms with E-state index in [9.17, 15) is 0 Å². The zero-order valence-electron chi connectivity index (χ0n) is 11.2. The zero-order chi connectivity index (χ0) is 14.1. The molecule has 0 amide bonds. The van der Waals surface area contributed by atoms with Gasteiger partial charge in [-0.3, -0.25) is 4.98 Å². The van der Waals surface area contributed by atoms with Crippen LogP contribution in [0.1, 0.15) is 0 Å². The van der Waals surface area contributed by atoms with Crippen molar-refractivity contribution in [2.24, 2.45) is 0 Å². The molecular formula is C17H12N4. The predicted molar refractivity (Wildman–Crippen MR) is 82.1 cm³/mol. The Labute approximate surface area is 121 Å². The molecule has 0 aliphatic rings. The third-order valence-corrected chi connectivity index (χ3v) is 3.40. The third-order valence-electron chi connectivity index (χ3n) is 3.40. The molecule has 4 heteroatoms. The minimum atomic E-state index is 0.845. The van der Waals surface area contributed by atoms with E-state index in [1.807, 2.05) is 54.6 Å². The largest absolute Gasteiger partial charge is 0.256 e. The molecule has 0 saturated carbocycles. The van der Waals surface area contributed by atoms with Crippen molar-refractivity contribution < 1.29 is 0 Å². The van der Waals surface area contributed by atoms with E-state index < -0.39 is 0 Å². The van der Waals surface area contributed by atoms with Gasteiger partial charge in [-0.25, -0.2) is 0 Å². The summed E-state index contributed by atoms with van der Waals surface area (Å²) >= 11 is 0. The molecule has 0 bridgehead atoms. The number of benzene rings is 2. The molecule has 0 N–H and O–H groups in total. The Hall–Kier alpha value is -3.01. The average Bonchev–Trinajstić information content (AvgIpc) is 3.05. The van der Waals surface area contributed by atoms with Gasteiger partial charge in [-0.1, -0.05) is 36.4 Å². The molecule has 0 atom stereocenters. The van der Waals surface area contributed by atoms with Gasteiger partial charge in [-0.05, 0) is 24.3 Å². The van der Waals surface area contributed by atoms with Gasteiger partial charge in [0.05, 0.1) is 17.4 Å². The molecule has 4 aromatic rings. The highest BCUT2D eigenvalue weighted by Gasteiger charge is 2.08. The van der Waals surface area contributed by atoms with Crippen molar-refractivity contribution in [1.29, 1.82) is 0 Å². The number of nitrogens with zero attached hydrogens (tertiary/aromatic N) is 4. The third kappa shape index (κ3) is 2.07. The lowest BCUT2D eigenvalue weighted by molar-refractivity contribution is 0.754. The van der Waals surface area contributed by atoms with Gasteiger partial charge < -0.3 is 0 Å². The van der Waals surface area contributed by atoms with Crippen LogP contribution in [0.25, 0.3) is 27.8 Å². The molecule has 0 saturated heterocycles. The fourth-order valence-electron chi connectivity index (χ4n) is 2.39. The first kappa shape index (κ1) is 11.8. The van der Waals surface area contributed by atoms with E-state index in [4.69, 9.17) is 0 Å². The standard InChI is InChI=1S/C17H12N4/c1-2-6-13(7-3-1)21-19-12-17(20-21)15-10-11-18-16-9-5-4-8-14(15)16/h1-12H. The minimum Gasteiger partial charge on any atom is -0.256 e. The number of pyridine rings is 1. The lowest BCUT2D eigenvalue weighted by Crippen LogP contribution is -1.97. The molecule has 0 radical (unpaired) electrons. The lowest BCUT2D eigenvalue weighted by Gasteiger charge is -2.02. The summed E-state index contributed by atoms with van der Waals surface area (Å²) in [5.74, 6) is 0. The van der Waals surface area contributed by atoms with Crippen molar-refractivity contribution >= 4 is 10.9 Å². The average molecular weight is 272 g/mol. The van der Waals surface area contributed by atoms with Crippen LogP contribution in [-0.4, -0.2) is 20.0 Å². The smallest absolute Gasteiger partial charge is 0.114 e. The van der Waals surface area contributed by atoms with Crippen LogP contribution in [0, 0.1) is 0 Å². The molecule has 0 spiro atoms. The van der Waals surface area contributed by atoms with Crippen LogP contribution >= 0.6 is 0 Å². The normalized spacial score (nSPS) is 10.9. The van der Waals surface area contributed by atoms with Crippen LogP contribution in [0.15, 0.2) is 73.1 Å². The van der Waals surface area contributed by atoms with Crippen LogP contribution in [0.2, 0.25) is 0 Å². The van der Waals surface area contributed by atoms with Crippen LogP contribution in [-0.2, 0) is 0 Å². The first-order valence-electron chi connectivity index (χ1n) is 6.74. The maximum atomic E-state index is 4.58. The molecule has 100 valence electrons. The van der Waals surface area contributed by atoms with Crippen LogP contribution in [0.3, 0.4) is 0 Å². The monoisotopic (exact) mass is 272 g/mol. The first-order chi connectivity index (χ1) is 10.4. The van der Waals surface area contributed by atoms with Crippen molar-refractivity contribution in [2.45, 2.75) is 0 Å². The van der Waals surface area contributed by atoms with E-state index in [1.54, 1.807) is 17.2 Å². The van der Waals surface area contributed by atoms with Crippen LogP contribution < -0.4 is 0 Å². The molecule has 4 nitrogen and oxygen atoms in total. The van der Waals surface area contributed by atoms with Gasteiger partial charge in [0.2, 0.25) is 0 Å². The predicted octanol–water partition coefficient (Wildman–Crippen LogP) is 3.48. The van der Waals surface area contributed by atoms with Crippen LogP contribution in [0.5, 0.6) is 0 Å². The molecular weight excluding hydrogens is 260 g/mol. The number of para-hydroxylation sites is 2. The number of fused-ring (bicyclic) bond motifs is 1. The Morgan fingerprint density at radius 2 is 1.62 bits per heavy atom. The van der Waals surface area contributed by atoms with Gasteiger partial charge in [0.25, 0.3) is 0 Å². The molecule has 2 heterocycles. The topological polar surface area (TPSA) is 43.6 Å². The maximum Gasteiger partial charge on any atom is 0.114 e. The van der Waals surface area contributed by atoms with Crippen molar-refractivity contribution in [3.05, 3.63) is 73.1 Å². The summed E-state index contributed by atoms with van der Waals surface area (Å²) < 4.78 is 0. The summed E-state index contributed by atoms with van der Waals surface area (Å²) in [5, 5.41) is 10.0. The van der Waals surface area contributed by atoms with Gasteiger partial charge in [-0.15, -0.1) is 5.10 Å². The van der Waals surface area contributed by atoms with Crippen molar-refractivity contribution in [2.75, 3.05) is 0 Å². The SMILES string of the molecule is c1ccc(-n2ncc(-c3ccnc4ccccc34)n2)cc1. The quantitative estimate of drug-likeness (QED) is 0.561. The molecule has 2 aromatic heterocycles. The molecule has 0 fully saturated rings. The minimum absolute atomic E-state index is 0.845. The molecule has 0 unspecified atom stereocenters. The lowest BCUT2D eigenvalue weighted by atomic mass is 10.1. The zero-order valence-corrected chi connectivity index (χ0v) is 11.2. The van der Waals surface area contributed by atoms with E-state index >= 15 is 0 Å². The van der Waals surface area contributed by atoms with Gasteiger partial charge in [-0.2, -0.15) is 9.90 Å². The van der Waals surface area contributed by atoms with Crippen molar-refractivity contribution in [3.63, 3.8) is 0 Å². The Balaban J connectivity index is 1.85. The van der Waals surface area contributed by atoms with Crippen molar-refractivity contribution in [1.82, 2.24) is 20.0 Å². The van der Waals surface area contributed by atoms with E-state index in [2.05, 4.69) is 21.2 Å². The summed E-state index contributed by atoms with van der Waals surface area (Å²) in [5.41, 5.74) is 3.80. The highest BCUT2D eigenvalue weighted by Crippen LogP contribution is 2.25. The van der Waals surface area contributed by atoms with Gasteiger partial charge in [0, 0.05) is 17.1 Å². The summed E-state index contributed by atoms with van der Waals surface area (Å²) in [6.07, 6.45) is 3.59. The highest BCUT2D eigenvalue weighted by atomic mass is 15.5. The first-order valence-corrected chi connectivity index (χ1v) is 6.74. The van der Waals surface area contributed by atoms with Gasteiger partial charge in [0.15, 0.2) is 0 Å². The number of rotatable bonds is 2. The highest BCUT2D eigenvalue weighted by molar-refractivity contribution is 5.92. The number of aromatic nitrogens is 4. The summed E-state index contributed by atoms with van der Waals surface area (Å²) in [6.45, 7) is 0. The maximum absolute atomic E-state index is 4.58. The fraction of sp³-hybridized carbons (Fsp3) is 0. The van der Waals surface area contributed by atoms with E-state index in [1.165, 1.54) is 0 Å². The van der Waals surface area contributed by atoms with Gasteiger partial charge >= 0.3 is 0 Å². The molecule has 21 heavy (non-hydrogen) atoms. The Morgan fingerprint density at radius 1 is 0.810 bits per heavy atom. The van der Waals surface area contributed by atoms with Crippen LogP contribution in [0.4, 0.5) is 0 Å². The fourth-order valence-corrected chi connectivity index (χ4v) is 2.39. The Bertz CT molecular complexity index is 891. The van der Waals surface area contributed by atoms with E-state index in [0.29, 0.717) is 0 Å². The number of hydrogen-bond acceptors (Lipinski definition) is 3. The Kier molecular flexibility index (Phi) is 2.71. The van der Waals surface area contributed by atoms with Gasteiger partial charge in [0.1, 0.15) is 5.69 Å². The second kappa shape index (κ2) is 4.83. The summed E-state index contributed by atoms with van der Waals surface area (Å²) in [7, 11) is 0.